The quantitative estimate of drug-likeness (QED) is 0.478. The summed E-state index contributed by atoms with van der Waals surface area (Å²) < 4.78 is 41.7. The molecule has 0 bridgehead atoms. The Kier molecular flexibility index (Phi) is 4.61. The molecular formula is C24H19F3. The highest BCUT2D eigenvalue weighted by Gasteiger charge is 2.19. The van der Waals surface area contributed by atoms with Gasteiger partial charge in [-0.25, -0.2) is 13.2 Å². The molecule has 0 radical (unpaired) electrons. The number of hydrogen-bond acceptors (Lipinski definition) is 0. The van der Waals surface area contributed by atoms with Gasteiger partial charge in [0, 0.05) is 5.56 Å². The molecule has 0 saturated heterocycles. The molecule has 136 valence electrons. The van der Waals surface area contributed by atoms with Crippen LogP contribution in [0.1, 0.15) is 35.6 Å². The Bertz CT molecular complexity index is 1030. The highest BCUT2D eigenvalue weighted by molar-refractivity contribution is 5.85. The lowest BCUT2D eigenvalue weighted by Crippen LogP contribution is -2.04. The lowest BCUT2D eigenvalue weighted by molar-refractivity contribution is 0.509. The number of hydrogen-bond donors (Lipinski definition) is 0. The predicted molar refractivity (Wildman–Crippen MR) is 104 cm³/mol. The average molecular weight is 364 g/mol. The van der Waals surface area contributed by atoms with Gasteiger partial charge in [0.15, 0.2) is 11.6 Å². The lowest BCUT2D eigenvalue weighted by atomic mass is 9.86. The van der Waals surface area contributed by atoms with Gasteiger partial charge in [-0.2, -0.15) is 0 Å². The molecule has 0 aromatic heterocycles. The summed E-state index contributed by atoms with van der Waals surface area (Å²) in [5.74, 6) is -2.25. The van der Waals surface area contributed by atoms with Gasteiger partial charge in [-0.15, -0.1) is 0 Å². The summed E-state index contributed by atoms with van der Waals surface area (Å²) in [4.78, 5) is 0. The maximum atomic E-state index is 15.1. The lowest BCUT2D eigenvalue weighted by Gasteiger charge is -2.19. The second-order valence-electron chi connectivity index (χ2n) is 6.84. The zero-order valence-electron chi connectivity index (χ0n) is 15.0. The second kappa shape index (κ2) is 7.07. The first-order valence-electron chi connectivity index (χ1n) is 9.13. The summed E-state index contributed by atoms with van der Waals surface area (Å²) in [6.07, 6.45) is 4.36. The van der Waals surface area contributed by atoms with Gasteiger partial charge in [0.1, 0.15) is 5.82 Å². The van der Waals surface area contributed by atoms with Crippen molar-refractivity contribution in [2.75, 3.05) is 0 Å². The van der Waals surface area contributed by atoms with Crippen molar-refractivity contribution in [1.82, 2.24) is 0 Å². The van der Waals surface area contributed by atoms with Crippen LogP contribution in [0.3, 0.4) is 0 Å². The van der Waals surface area contributed by atoms with Crippen LogP contribution in [0, 0.1) is 17.5 Å². The van der Waals surface area contributed by atoms with Crippen LogP contribution in [0.5, 0.6) is 0 Å². The Balaban J connectivity index is 1.72. The first-order valence-corrected chi connectivity index (χ1v) is 9.13. The van der Waals surface area contributed by atoms with Gasteiger partial charge in [-0.05, 0) is 64.8 Å². The van der Waals surface area contributed by atoms with E-state index in [2.05, 4.69) is 31.2 Å². The molecule has 1 aliphatic carbocycles. The fourth-order valence-electron chi connectivity index (χ4n) is 3.61. The van der Waals surface area contributed by atoms with Crippen LogP contribution in [0.15, 0.2) is 54.6 Å². The van der Waals surface area contributed by atoms with Crippen LogP contribution in [0.4, 0.5) is 13.2 Å². The van der Waals surface area contributed by atoms with Crippen molar-refractivity contribution >= 4 is 11.6 Å². The van der Waals surface area contributed by atoms with E-state index < -0.39 is 11.6 Å². The van der Waals surface area contributed by atoms with E-state index in [0.717, 1.165) is 36.1 Å². The molecule has 4 rings (SSSR count). The van der Waals surface area contributed by atoms with Gasteiger partial charge in [-0.3, -0.25) is 0 Å². The summed E-state index contributed by atoms with van der Waals surface area (Å²) in [6, 6.07) is 15.4. The van der Waals surface area contributed by atoms with Gasteiger partial charge in [0.2, 0.25) is 0 Å². The van der Waals surface area contributed by atoms with Crippen molar-refractivity contribution < 1.29 is 13.2 Å². The van der Waals surface area contributed by atoms with Crippen LogP contribution in [-0.2, 0) is 12.8 Å². The summed E-state index contributed by atoms with van der Waals surface area (Å²) in [5.41, 5.74) is 5.76. The number of fused-ring (bicyclic) bond motifs is 1. The molecule has 0 amide bonds. The Morgan fingerprint density at radius 3 is 2.22 bits per heavy atom. The standard InChI is InChI=1S/C24H19F3/c1-2-15-3-5-16(6-4-15)17-7-10-20-18(13-17)8-11-21(24(20)27)19-9-12-22(25)23(26)14-19/h3-6,8-9,11-14H,2,7,10H2,1H3. The molecule has 0 nitrogen and oxygen atoms in total. The summed E-state index contributed by atoms with van der Waals surface area (Å²) in [5, 5.41) is 0. The number of allylic oxidation sites excluding steroid dienone is 1. The molecule has 27 heavy (non-hydrogen) atoms. The van der Waals surface area contributed by atoms with E-state index in [4.69, 9.17) is 0 Å². The fraction of sp³-hybridized carbons (Fsp3) is 0.167. The Hall–Kier alpha value is -2.81. The molecule has 0 unspecified atom stereocenters. The number of rotatable bonds is 3. The largest absolute Gasteiger partial charge is 0.206 e. The van der Waals surface area contributed by atoms with Crippen LogP contribution < -0.4 is 0 Å². The molecule has 0 aliphatic heterocycles. The average Bonchev–Trinajstić information content (AvgIpc) is 2.70. The number of halogens is 3. The highest BCUT2D eigenvalue weighted by atomic mass is 19.2. The third-order valence-corrected chi connectivity index (χ3v) is 5.22. The van der Waals surface area contributed by atoms with E-state index in [1.807, 2.05) is 12.1 Å². The molecule has 0 heterocycles. The molecule has 3 aromatic rings. The predicted octanol–water partition coefficient (Wildman–Crippen LogP) is 6.82. The maximum Gasteiger partial charge on any atom is 0.159 e. The first kappa shape index (κ1) is 17.6. The molecule has 0 N–H and O–H groups in total. The van der Waals surface area contributed by atoms with Crippen molar-refractivity contribution in [1.29, 1.82) is 0 Å². The van der Waals surface area contributed by atoms with Crippen molar-refractivity contribution in [3.63, 3.8) is 0 Å². The van der Waals surface area contributed by atoms with E-state index in [1.54, 1.807) is 6.07 Å². The molecule has 3 aromatic carbocycles. The summed E-state index contributed by atoms with van der Waals surface area (Å²) >= 11 is 0. The maximum absolute atomic E-state index is 15.1. The molecule has 3 heteroatoms. The van der Waals surface area contributed by atoms with Gasteiger partial charge in [0.25, 0.3) is 0 Å². The van der Waals surface area contributed by atoms with Crippen molar-refractivity contribution in [3.8, 4) is 11.1 Å². The second-order valence-corrected chi connectivity index (χ2v) is 6.84. The molecule has 0 spiro atoms. The van der Waals surface area contributed by atoms with Crippen molar-refractivity contribution in [3.05, 3.63) is 94.3 Å². The SMILES string of the molecule is CCc1ccc(C2=Cc3ccc(-c4ccc(F)c(F)c4)c(F)c3CC2)cc1. The number of aryl methyl sites for hydroxylation is 1. The molecule has 0 atom stereocenters. The minimum Gasteiger partial charge on any atom is -0.206 e. The highest BCUT2D eigenvalue weighted by Crippen LogP contribution is 2.35. The van der Waals surface area contributed by atoms with Crippen molar-refractivity contribution in [2.45, 2.75) is 26.2 Å². The third kappa shape index (κ3) is 3.30. The van der Waals surface area contributed by atoms with Gasteiger partial charge >= 0.3 is 0 Å². The molecule has 1 aliphatic rings. The molecular weight excluding hydrogens is 345 g/mol. The van der Waals surface area contributed by atoms with Crippen molar-refractivity contribution in [2.24, 2.45) is 0 Å². The van der Waals surface area contributed by atoms with Gasteiger partial charge < -0.3 is 0 Å². The Morgan fingerprint density at radius 1 is 0.778 bits per heavy atom. The van der Waals surface area contributed by atoms with E-state index >= 15 is 4.39 Å². The zero-order chi connectivity index (χ0) is 19.0. The monoisotopic (exact) mass is 364 g/mol. The van der Waals surface area contributed by atoms with Gasteiger partial charge in [-0.1, -0.05) is 55.5 Å². The van der Waals surface area contributed by atoms with Crippen LogP contribution in [0.25, 0.3) is 22.8 Å². The topological polar surface area (TPSA) is 0 Å². The van der Waals surface area contributed by atoms with Crippen LogP contribution in [0.2, 0.25) is 0 Å². The van der Waals surface area contributed by atoms with E-state index in [9.17, 15) is 8.78 Å². The minimum absolute atomic E-state index is 0.303. The van der Waals surface area contributed by atoms with E-state index in [1.165, 1.54) is 17.2 Å². The fourth-order valence-corrected chi connectivity index (χ4v) is 3.61. The van der Waals surface area contributed by atoms with E-state index in [0.29, 0.717) is 23.1 Å². The first-order chi connectivity index (χ1) is 13.1. The smallest absolute Gasteiger partial charge is 0.159 e. The number of benzene rings is 3. The third-order valence-electron chi connectivity index (χ3n) is 5.22. The van der Waals surface area contributed by atoms with Crippen LogP contribution in [-0.4, -0.2) is 0 Å². The van der Waals surface area contributed by atoms with E-state index in [-0.39, 0.29) is 5.82 Å². The molecule has 0 fully saturated rings. The molecule has 0 saturated carbocycles. The minimum atomic E-state index is -0.970. The van der Waals surface area contributed by atoms with Crippen LogP contribution >= 0.6 is 0 Å². The Morgan fingerprint density at radius 2 is 1.52 bits per heavy atom. The normalized spacial score (nSPS) is 13.3. The summed E-state index contributed by atoms with van der Waals surface area (Å²) in [7, 11) is 0. The summed E-state index contributed by atoms with van der Waals surface area (Å²) in [6.45, 7) is 2.12. The van der Waals surface area contributed by atoms with Gasteiger partial charge in [0.05, 0.1) is 0 Å². The zero-order valence-corrected chi connectivity index (χ0v) is 15.0. The Labute approximate surface area is 157 Å².